The first-order valence-electron chi connectivity index (χ1n) is 8.46. The van der Waals surface area contributed by atoms with E-state index in [2.05, 4.69) is 5.32 Å². The summed E-state index contributed by atoms with van der Waals surface area (Å²) in [6.45, 7) is 0. The van der Waals surface area contributed by atoms with Crippen LogP contribution in [0.4, 0.5) is 10.1 Å². The van der Waals surface area contributed by atoms with Crippen molar-refractivity contribution in [1.82, 2.24) is 0 Å². The van der Waals surface area contributed by atoms with Gasteiger partial charge in [0.25, 0.3) is 0 Å². The minimum absolute atomic E-state index is 0.0208. The number of hydrogen-bond donors (Lipinski definition) is 1. The molecule has 0 aliphatic carbocycles. The van der Waals surface area contributed by atoms with Gasteiger partial charge in [-0.1, -0.05) is 12.1 Å². The molecular formula is C22H14FNO4. The summed E-state index contributed by atoms with van der Waals surface area (Å²) in [5, 5.41) is 3.29. The molecule has 0 atom stereocenters. The van der Waals surface area contributed by atoms with Gasteiger partial charge in [-0.25, -0.2) is 4.39 Å². The van der Waals surface area contributed by atoms with Crippen LogP contribution in [-0.4, -0.2) is 11.7 Å². The Bertz CT molecular complexity index is 1170. The summed E-state index contributed by atoms with van der Waals surface area (Å²) < 4.78 is 24.0. The second-order valence-corrected chi connectivity index (χ2v) is 5.98. The monoisotopic (exact) mass is 375 g/mol. The summed E-state index contributed by atoms with van der Waals surface area (Å²) in [7, 11) is 0. The van der Waals surface area contributed by atoms with Crippen molar-refractivity contribution in [1.29, 1.82) is 0 Å². The number of halogens is 1. The topological polar surface area (TPSA) is 72.5 Å². The Labute approximate surface area is 159 Å². The number of benzene rings is 2. The van der Waals surface area contributed by atoms with Gasteiger partial charge < -0.3 is 14.2 Å². The van der Waals surface area contributed by atoms with Crippen LogP contribution in [0.5, 0.6) is 0 Å². The van der Waals surface area contributed by atoms with Crippen LogP contribution in [-0.2, 0) is 4.79 Å². The standard InChI is InChI=1S/C22H14FNO4/c23-15-9-7-14(8-10-15)21(26)22-20(17-5-1-2-6-18(17)28-22)24-19(25)12-11-16-4-3-13-27-16/h1-13H,(H,24,25). The number of carbonyl (C=O) groups is 2. The molecule has 0 saturated carbocycles. The van der Waals surface area contributed by atoms with Crippen molar-refractivity contribution in [3.05, 3.63) is 95.9 Å². The van der Waals surface area contributed by atoms with Gasteiger partial charge in [0.1, 0.15) is 17.2 Å². The maximum atomic E-state index is 13.2. The van der Waals surface area contributed by atoms with Crippen molar-refractivity contribution >= 4 is 34.4 Å². The lowest BCUT2D eigenvalue weighted by Crippen LogP contribution is -2.11. The molecule has 1 amide bonds. The molecule has 0 spiro atoms. The Morgan fingerprint density at radius 3 is 2.50 bits per heavy atom. The second kappa shape index (κ2) is 7.36. The van der Waals surface area contributed by atoms with Crippen molar-refractivity contribution in [2.75, 3.05) is 5.32 Å². The Balaban J connectivity index is 1.70. The fourth-order valence-corrected chi connectivity index (χ4v) is 2.77. The lowest BCUT2D eigenvalue weighted by atomic mass is 10.1. The van der Waals surface area contributed by atoms with Crippen molar-refractivity contribution < 1.29 is 22.8 Å². The van der Waals surface area contributed by atoms with E-state index in [0.717, 1.165) is 0 Å². The number of fused-ring (bicyclic) bond motifs is 1. The zero-order chi connectivity index (χ0) is 19.5. The number of rotatable bonds is 5. The fraction of sp³-hybridized carbons (Fsp3) is 0. The van der Waals surface area contributed by atoms with Gasteiger partial charge in [0.15, 0.2) is 5.76 Å². The molecule has 1 N–H and O–H groups in total. The van der Waals surface area contributed by atoms with Crippen LogP contribution in [0.25, 0.3) is 17.0 Å². The molecule has 28 heavy (non-hydrogen) atoms. The number of amides is 1. The van der Waals surface area contributed by atoms with E-state index in [9.17, 15) is 14.0 Å². The van der Waals surface area contributed by atoms with Crippen molar-refractivity contribution in [2.45, 2.75) is 0 Å². The number of carbonyl (C=O) groups excluding carboxylic acids is 2. The molecule has 138 valence electrons. The largest absolute Gasteiger partial charge is 0.465 e. The highest BCUT2D eigenvalue weighted by molar-refractivity contribution is 6.18. The molecule has 4 aromatic rings. The van der Waals surface area contributed by atoms with Gasteiger partial charge in [0, 0.05) is 17.0 Å². The second-order valence-electron chi connectivity index (χ2n) is 5.98. The first-order chi connectivity index (χ1) is 13.6. The third kappa shape index (κ3) is 3.48. The van der Waals surface area contributed by atoms with Crippen molar-refractivity contribution in [3.63, 3.8) is 0 Å². The highest BCUT2D eigenvalue weighted by Crippen LogP contribution is 2.32. The van der Waals surface area contributed by atoms with E-state index < -0.39 is 17.5 Å². The first kappa shape index (κ1) is 17.5. The predicted molar refractivity (Wildman–Crippen MR) is 102 cm³/mol. The minimum atomic E-state index is -0.457. The predicted octanol–water partition coefficient (Wildman–Crippen LogP) is 5.05. The van der Waals surface area contributed by atoms with Gasteiger partial charge in [-0.15, -0.1) is 0 Å². The molecule has 0 unspecified atom stereocenters. The van der Waals surface area contributed by atoms with Crippen molar-refractivity contribution in [3.8, 4) is 0 Å². The Morgan fingerprint density at radius 1 is 0.964 bits per heavy atom. The van der Waals surface area contributed by atoms with Crippen LogP contribution in [0, 0.1) is 5.82 Å². The van der Waals surface area contributed by atoms with E-state index in [1.807, 2.05) is 0 Å². The van der Waals surface area contributed by atoms with E-state index in [1.54, 1.807) is 36.4 Å². The molecule has 4 rings (SSSR count). The third-order valence-electron chi connectivity index (χ3n) is 4.10. The lowest BCUT2D eigenvalue weighted by molar-refractivity contribution is -0.111. The van der Waals surface area contributed by atoms with E-state index in [0.29, 0.717) is 16.7 Å². The molecule has 0 saturated heterocycles. The van der Waals surface area contributed by atoms with Gasteiger partial charge in [0.05, 0.1) is 12.0 Å². The molecule has 0 fully saturated rings. The number of para-hydroxylation sites is 1. The van der Waals surface area contributed by atoms with Gasteiger partial charge in [0.2, 0.25) is 11.7 Å². The third-order valence-corrected chi connectivity index (χ3v) is 4.10. The number of hydrogen-bond acceptors (Lipinski definition) is 4. The zero-order valence-electron chi connectivity index (χ0n) is 14.5. The van der Waals surface area contributed by atoms with E-state index in [-0.39, 0.29) is 17.0 Å². The molecule has 0 bridgehead atoms. The van der Waals surface area contributed by atoms with E-state index in [1.165, 1.54) is 42.7 Å². The Morgan fingerprint density at radius 2 is 1.75 bits per heavy atom. The molecule has 0 aliphatic heterocycles. The SMILES string of the molecule is O=C(C=Cc1ccco1)Nc1c(C(=O)c2ccc(F)cc2)oc2ccccc12. The molecular weight excluding hydrogens is 361 g/mol. The molecule has 0 aliphatic rings. The summed E-state index contributed by atoms with van der Waals surface area (Å²) in [5.74, 6) is -0.849. The molecule has 2 aromatic carbocycles. The average Bonchev–Trinajstić information content (AvgIpc) is 3.35. The number of ketones is 1. The fourth-order valence-electron chi connectivity index (χ4n) is 2.77. The van der Waals surface area contributed by atoms with Crippen LogP contribution in [0.2, 0.25) is 0 Å². The molecule has 2 aromatic heterocycles. The average molecular weight is 375 g/mol. The Kier molecular flexibility index (Phi) is 4.60. The highest BCUT2D eigenvalue weighted by Gasteiger charge is 2.23. The summed E-state index contributed by atoms with van der Waals surface area (Å²) in [5.41, 5.74) is 0.972. The summed E-state index contributed by atoms with van der Waals surface area (Å²) in [4.78, 5) is 25.2. The van der Waals surface area contributed by atoms with Crippen LogP contribution >= 0.6 is 0 Å². The number of furan rings is 2. The number of anilines is 1. The zero-order valence-corrected chi connectivity index (χ0v) is 14.5. The maximum Gasteiger partial charge on any atom is 0.248 e. The maximum absolute atomic E-state index is 13.2. The van der Waals surface area contributed by atoms with Crippen LogP contribution < -0.4 is 5.32 Å². The quantitative estimate of drug-likeness (QED) is 0.391. The van der Waals surface area contributed by atoms with E-state index in [4.69, 9.17) is 8.83 Å². The number of nitrogens with one attached hydrogen (secondary N) is 1. The van der Waals surface area contributed by atoms with Crippen LogP contribution in [0.3, 0.4) is 0 Å². The van der Waals surface area contributed by atoms with Gasteiger partial charge in [-0.05, 0) is 54.6 Å². The molecule has 0 radical (unpaired) electrons. The molecule has 2 heterocycles. The normalized spacial score (nSPS) is 11.2. The summed E-state index contributed by atoms with van der Waals surface area (Å²) in [6.07, 6.45) is 4.31. The van der Waals surface area contributed by atoms with E-state index >= 15 is 0 Å². The lowest BCUT2D eigenvalue weighted by Gasteiger charge is -2.04. The van der Waals surface area contributed by atoms with Crippen LogP contribution in [0.1, 0.15) is 21.9 Å². The smallest absolute Gasteiger partial charge is 0.248 e. The van der Waals surface area contributed by atoms with Gasteiger partial charge in [-0.3, -0.25) is 9.59 Å². The van der Waals surface area contributed by atoms with Crippen LogP contribution in [0.15, 0.2) is 81.8 Å². The summed E-state index contributed by atoms with van der Waals surface area (Å²) >= 11 is 0. The molecule has 6 heteroatoms. The summed E-state index contributed by atoms with van der Waals surface area (Å²) in [6, 6.07) is 15.5. The van der Waals surface area contributed by atoms with Gasteiger partial charge in [-0.2, -0.15) is 0 Å². The highest BCUT2D eigenvalue weighted by atomic mass is 19.1. The first-order valence-corrected chi connectivity index (χ1v) is 8.46. The van der Waals surface area contributed by atoms with Crippen molar-refractivity contribution in [2.24, 2.45) is 0 Å². The van der Waals surface area contributed by atoms with Gasteiger partial charge >= 0.3 is 0 Å². The molecule has 5 nitrogen and oxygen atoms in total. The Hall–Kier alpha value is -3.93. The minimum Gasteiger partial charge on any atom is -0.465 e.